The predicted molar refractivity (Wildman–Crippen MR) is 70.5 cm³/mol. The van der Waals surface area contributed by atoms with E-state index in [1.165, 1.54) is 51.4 Å². The van der Waals surface area contributed by atoms with Gasteiger partial charge in [0.25, 0.3) is 0 Å². The zero-order chi connectivity index (χ0) is 12.4. The van der Waals surface area contributed by atoms with Crippen molar-refractivity contribution in [2.45, 2.75) is 89.6 Å². The molecule has 0 aromatic heterocycles. The Morgan fingerprint density at radius 3 is 1.17 bits per heavy atom. The Labute approximate surface area is 110 Å². The summed E-state index contributed by atoms with van der Waals surface area (Å²) in [6.45, 7) is 5.13. The van der Waals surface area contributed by atoms with Crippen LogP contribution in [-0.4, -0.2) is 24.4 Å². The van der Waals surface area contributed by atoms with E-state index in [1.54, 1.807) is 0 Å². The second-order valence-corrected chi connectivity index (χ2v) is 7.70. The highest BCUT2D eigenvalue weighted by Gasteiger charge is 2.53. The minimum atomic E-state index is 0.542. The number of ether oxygens (including phenoxy) is 2. The molecule has 0 bridgehead atoms. The van der Waals surface area contributed by atoms with E-state index in [4.69, 9.17) is 9.47 Å². The van der Waals surface area contributed by atoms with Gasteiger partial charge in [0.15, 0.2) is 0 Å². The Hall–Kier alpha value is -0.0800. The van der Waals surface area contributed by atoms with Crippen molar-refractivity contribution in [2.75, 3.05) is 0 Å². The number of hydrogen-bond acceptors (Lipinski definition) is 2. The third-order valence-corrected chi connectivity index (χ3v) is 6.75. The van der Waals surface area contributed by atoms with E-state index in [9.17, 15) is 0 Å². The van der Waals surface area contributed by atoms with Crippen LogP contribution in [0.15, 0.2) is 0 Å². The van der Waals surface area contributed by atoms with Gasteiger partial charge >= 0.3 is 0 Å². The summed E-state index contributed by atoms with van der Waals surface area (Å²) in [5.41, 5.74) is 1.08. The standard InChI is InChI=1S/C16H26O2/c1-15(7-3-11-12(17-11)4-8-15)16(2)9-5-13-14(18-13)6-10-16/h11-14H,3-10H2,1-2H3. The van der Waals surface area contributed by atoms with Crippen LogP contribution >= 0.6 is 0 Å². The topological polar surface area (TPSA) is 25.1 Å². The van der Waals surface area contributed by atoms with E-state index in [2.05, 4.69) is 13.8 Å². The molecule has 2 heterocycles. The van der Waals surface area contributed by atoms with Crippen molar-refractivity contribution in [3.8, 4) is 0 Å². The first-order chi connectivity index (χ1) is 8.60. The molecule has 0 aromatic carbocycles. The highest BCUT2D eigenvalue weighted by atomic mass is 16.6. The van der Waals surface area contributed by atoms with Crippen molar-refractivity contribution in [1.82, 2.24) is 0 Å². The summed E-state index contributed by atoms with van der Waals surface area (Å²) in [5, 5.41) is 0. The lowest BCUT2D eigenvalue weighted by atomic mass is 9.58. The Morgan fingerprint density at radius 1 is 0.611 bits per heavy atom. The molecular weight excluding hydrogens is 224 g/mol. The van der Waals surface area contributed by atoms with E-state index in [1.807, 2.05) is 0 Å². The maximum Gasteiger partial charge on any atom is 0.0842 e. The van der Waals surface area contributed by atoms with E-state index < -0.39 is 0 Å². The molecule has 0 radical (unpaired) electrons. The van der Waals surface area contributed by atoms with Gasteiger partial charge in [-0.25, -0.2) is 0 Å². The second-order valence-electron chi connectivity index (χ2n) is 7.70. The van der Waals surface area contributed by atoms with Gasteiger partial charge in [-0.05, 0) is 62.2 Å². The Balaban J connectivity index is 1.52. The summed E-state index contributed by atoms with van der Waals surface area (Å²) < 4.78 is 11.4. The van der Waals surface area contributed by atoms with Crippen molar-refractivity contribution in [3.05, 3.63) is 0 Å². The summed E-state index contributed by atoms with van der Waals surface area (Å²) in [6, 6.07) is 0. The first-order valence-electron chi connectivity index (χ1n) is 7.91. The molecule has 2 heteroatoms. The van der Waals surface area contributed by atoms with Gasteiger partial charge in [-0.3, -0.25) is 0 Å². The number of fused-ring (bicyclic) bond motifs is 2. The Morgan fingerprint density at radius 2 is 0.889 bits per heavy atom. The van der Waals surface area contributed by atoms with Crippen LogP contribution in [0.3, 0.4) is 0 Å². The van der Waals surface area contributed by atoms with Crippen molar-refractivity contribution in [2.24, 2.45) is 10.8 Å². The molecule has 0 N–H and O–H groups in total. The SMILES string of the molecule is CC1(C2(C)CCC3OC3CC2)CCC2OC2CC1. The number of hydrogen-bond donors (Lipinski definition) is 0. The van der Waals surface area contributed by atoms with Crippen molar-refractivity contribution in [3.63, 3.8) is 0 Å². The molecule has 2 aliphatic heterocycles. The average Bonchev–Trinajstić information content (AvgIpc) is 3.19. The van der Waals surface area contributed by atoms with Gasteiger partial charge in [-0.1, -0.05) is 13.8 Å². The molecular formula is C16H26O2. The average molecular weight is 250 g/mol. The highest BCUT2D eigenvalue weighted by molar-refractivity contribution is 5.03. The number of epoxide rings is 2. The molecule has 4 fully saturated rings. The number of rotatable bonds is 1. The minimum absolute atomic E-state index is 0.542. The molecule has 102 valence electrons. The molecule has 2 saturated carbocycles. The van der Waals surface area contributed by atoms with Gasteiger partial charge < -0.3 is 9.47 Å². The molecule has 2 aliphatic carbocycles. The highest BCUT2D eigenvalue weighted by Crippen LogP contribution is 2.58. The maximum absolute atomic E-state index is 5.70. The zero-order valence-corrected chi connectivity index (χ0v) is 11.8. The van der Waals surface area contributed by atoms with Crippen LogP contribution in [0.4, 0.5) is 0 Å². The second kappa shape index (κ2) is 3.73. The largest absolute Gasteiger partial charge is 0.370 e. The van der Waals surface area contributed by atoms with Gasteiger partial charge in [0.05, 0.1) is 24.4 Å². The zero-order valence-electron chi connectivity index (χ0n) is 11.8. The molecule has 4 rings (SSSR count). The third kappa shape index (κ3) is 1.76. The van der Waals surface area contributed by atoms with E-state index in [0.29, 0.717) is 35.2 Å². The molecule has 4 unspecified atom stereocenters. The van der Waals surface area contributed by atoms with Crippen LogP contribution in [0.1, 0.15) is 65.2 Å². The lowest BCUT2D eigenvalue weighted by Crippen LogP contribution is -2.38. The molecule has 0 spiro atoms. The fourth-order valence-electron chi connectivity index (χ4n) is 4.67. The van der Waals surface area contributed by atoms with Crippen LogP contribution < -0.4 is 0 Å². The van der Waals surface area contributed by atoms with E-state index in [-0.39, 0.29) is 0 Å². The first kappa shape index (κ1) is 11.7. The van der Waals surface area contributed by atoms with Crippen molar-refractivity contribution in [1.29, 1.82) is 0 Å². The molecule has 0 amide bonds. The summed E-state index contributed by atoms with van der Waals surface area (Å²) in [5.74, 6) is 0. The Bertz CT molecular complexity index is 293. The monoisotopic (exact) mass is 250 g/mol. The van der Waals surface area contributed by atoms with Crippen LogP contribution in [0.5, 0.6) is 0 Å². The van der Waals surface area contributed by atoms with E-state index in [0.717, 1.165) is 0 Å². The van der Waals surface area contributed by atoms with Crippen LogP contribution in [0.25, 0.3) is 0 Å². The molecule has 18 heavy (non-hydrogen) atoms. The van der Waals surface area contributed by atoms with Crippen molar-refractivity contribution >= 4 is 0 Å². The van der Waals surface area contributed by atoms with Crippen LogP contribution in [0.2, 0.25) is 0 Å². The molecule has 2 nitrogen and oxygen atoms in total. The molecule has 4 aliphatic rings. The lowest BCUT2D eigenvalue weighted by molar-refractivity contribution is 0.0180. The summed E-state index contributed by atoms with van der Waals surface area (Å²) in [6.07, 6.45) is 13.2. The third-order valence-electron chi connectivity index (χ3n) is 6.75. The quantitative estimate of drug-likeness (QED) is 0.663. The molecule has 0 aromatic rings. The summed E-state index contributed by atoms with van der Waals surface area (Å²) in [4.78, 5) is 0. The van der Waals surface area contributed by atoms with Gasteiger partial charge in [0.1, 0.15) is 0 Å². The van der Waals surface area contributed by atoms with Crippen molar-refractivity contribution < 1.29 is 9.47 Å². The first-order valence-corrected chi connectivity index (χ1v) is 7.91. The van der Waals surface area contributed by atoms with Gasteiger partial charge in [-0.2, -0.15) is 0 Å². The summed E-state index contributed by atoms with van der Waals surface area (Å²) >= 11 is 0. The normalized spacial score (nSPS) is 59.0. The molecule has 2 saturated heterocycles. The van der Waals surface area contributed by atoms with Crippen LogP contribution in [0, 0.1) is 10.8 Å². The fraction of sp³-hybridized carbons (Fsp3) is 1.00. The van der Waals surface area contributed by atoms with E-state index >= 15 is 0 Å². The molecule has 4 atom stereocenters. The van der Waals surface area contributed by atoms with Gasteiger partial charge in [-0.15, -0.1) is 0 Å². The minimum Gasteiger partial charge on any atom is -0.370 e. The summed E-state index contributed by atoms with van der Waals surface area (Å²) in [7, 11) is 0. The maximum atomic E-state index is 5.70. The predicted octanol–water partition coefficient (Wildman–Crippen LogP) is 3.68. The Kier molecular flexibility index (Phi) is 2.43. The van der Waals surface area contributed by atoms with Gasteiger partial charge in [0, 0.05) is 0 Å². The fourth-order valence-corrected chi connectivity index (χ4v) is 4.67. The lowest BCUT2D eigenvalue weighted by Gasteiger charge is -2.47. The van der Waals surface area contributed by atoms with Crippen LogP contribution in [-0.2, 0) is 9.47 Å². The van der Waals surface area contributed by atoms with Gasteiger partial charge in [0.2, 0.25) is 0 Å². The smallest absolute Gasteiger partial charge is 0.0842 e.